The minimum absolute atomic E-state index is 0.0593. The molecule has 0 saturated heterocycles. The van der Waals surface area contributed by atoms with Crippen LogP contribution < -0.4 is 5.32 Å². The Morgan fingerprint density at radius 3 is 2.71 bits per heavy atom. The van der Waals surface area contributed by atoms with Gasteiger partial charge in [0.25, 0.3) is 0 Å². The number of nitrogens with zero attached hydrogens (tertiary/aromatic N) is 3. The van der Waals surface area contributed by atoms with Crippen LogP contribution in [0, 0.1) is 0 Å². The summed E-state index contributed by atoms with van der Waals surface area (Å²) in [5, 5.41) is 17.4. The topological polar surface area (TPSA) is 62.5 Å². The summed E-state index contributed by atoms with van der Waals surface area (Å²) < 4.78 is 2.62. The molecular formula is C15H15BrN4O. The Hall–Kier alpha value is -1.92. The molecule has 2 N–H and O–H groups in total. The van der Waals surface area contributed by atoms with Crippen molar-refractivity contribution < 1.29 is 5.11 Å². The van der Waals surface area contributed by atoms with Crippen molar-refractivity contribution in [2.45, 2.75) is 12.5 Å². The van der Waals surface area contributed by atoms with Crippen molar-refractivity contribution in [1.82, 2.24) is 14.6 Å². The zero-order chi connectivity index (χ0) is 14.9. The van der Waals surface area contributed by atoms with Crippen molar-refractivity contribution in [2.75, 3.05) is 11.9 Å². The number of benzene rings is 1. The lowest BCUT2D eigenvalue weighted by molar-refractivity contribution is 0.223. The molecule has 1 aromatic carbocycles. The van der Waals surface area contributed by atoms with Gasteiger partial charge in [-0.3, -0.25) is 0 Å². The highest BCUT2D eigenvalue weighted by Gasteiger charge is 2.27. The average Bonchev–Trinajstić information content (AvgIpc) is 2.89. The number of aliphatic hydroxyl groups is 1. The van der Waals surface area contributed by atoms with Crippen LogP contribution >= 0.6 is 15.9 Å². The molecule has 0 amide bonds. The molecule has 0 fully saturated rings. The molecule has 0 spiro atoms. The number of aliphatic hydroxyl groups excluding tert-OH is 1. The van der Waals surface area contributed by atoms with Crippen molar-refractivity contribution in [1.29, 1.82) is 0 Å². The highest BCUT2D eigenvalue weighted by atomic mass is 79.9. The first-order chi connectivity index (χ1) is 10.1. The monoisotopic (exact) mass is 346 g/mol. The van der Waals surface area contributed by atoms with Gasteiger partial charge in [0.05, 0.1) is 12.1 Å². The maximum atomic E-state index is 9.79. The summed E-state index contributed by atoms with van der Waals surface area (Å²) in [5.74, 6) is 0.480. The van der Waals surface area contributed by atoms with E-state index in [-0.39, 0.29) is 6.61 Å². The number of aromatic nitrogens is 3. The summed E-state index contributed by atoms with van der Waals surface area (Å²) >= 11 is 3.40. The molecule has 1 unspecified atom stereocenters. The number of fused-ring (bicyclic) bond motifs is 1. The predicted octanol–water partition coefficient (Wildman–Crippen LogP) is 2.81. The lowest BCUT2D eigenvalue weighted by Gasteiger charge is -2.28. The van der Waals surface area contributed by atoms with E-state index in [1.54, 1.807) is 4.52 Å². The van der Waals surface area contributed by atoms with E-state index in [1.807, 2.05) is 55.6 Å². The number of anilines is 1. The molecule has 0 aliphatic rings. The van der Waals surface area contributed by atoms with Crippen molar-refractivity contribution in [3.63, 3.8) is 0 Å². The second-order valence-electron chi connectivity index (χ2n) is 5.07. The Labute approximate surface area is 130 Å². The standard InChI is InChI=1S/C15H15BrN4O/c1-15(10-21,11-5-3-2-4-6-11)18-14-17-13-8-7-12(16)9-20(13)19-14/h2-9,21H,10H2,1H3,(H,18,19). The zero-order valence-corrected chi connectivity index (χ0v) is 13.1. The summed E-state index contributed by atoms with van der Waals surface area (Å²) in [5.41, 5.74) is 1.09. The van der Waals surface area contributed by atoms with E-state index in [4.69, 9.17) is 0 Å². The van der Waals surface area contributed by atoms with Gasteiger partial charge in [0.2, 0.25) is 5.95 Å². The van der Waals surface area contributed by atoms with Gasteiger partial charge in [-0.15, -0.1) is 5.10 Å². The Balaban J connectivity index is 1.95. The van der Waals surface area contributed by atoms with Gasteiger partial charge in [0.1, 0.15) is 0 Å². The first kappa shape index (κ1) is 14.0. The second kappa shape index (κ2) is 5.46. The molecule has 2 heterocycles. The van der Waals surface area contributed by atoms with Gasteiger partial charge in [-0.25, -0.2) is 4.52 Å². The lowest BCUT2D eigenvalue weighted by atomic mass is 9.93. The van der Waals surface area contributed by atoms with Gasteiger partial charge < -0.3 is 10.4 Å². The van der Waals surface area contributed by atoms with Crippen LogP contribution in [0.25, 0.3) is 5.65 Å². The predicted molar refractivity (Wildman–Crippen MR) is 85.2 cm³/mol. The minimum atomic E-state index is -0.635. The number of hydrogen-bond donors (Lipinski definition) is 2. The smallest absolute Gasteiger partial charge is 0.243 e. The van der Waals surface area contributed by atoms with Gasteiger partial charge in [-0.1, -0.05) is 30.3 Å². The molecule has 0 radical (unpaired) electrons. The largest absolute Gasteiger partial charge is 0.394 e. The summed E-state index contributed by atoms with van der Waals surface area (Å²) in [6.07, 6.45) is 1.84. The van der Waals surface area contributed by atoms with E-state index >= 15 is 0 Å². The first-order valence-electron chi connectivity index (χ1n) is 6.57. The van der Waals surface area contributed by atoms with E-state index < -0.39 is 5.54 Å². The van der Waals surface area contributed by atoms with Crippen LogP contribution in [0.5, 0.6) is 0 Å². The normalized spacial score (nSPS) is 14.0. The maximum absolute atomic E-state index is 9.79. The molecule has 3 rings (SSSR count). The van der Waals surface area contributed by atoms with E-state index in [2.05, 4.69) is 31.3 Å². The van der Waals surface area contributed by atoms with Gasteiger partial charge in [-0.2, -0.15) is 4.98 Å². The summed E-state index contributed by atoms with van der Waals surface area (Å²) in [6.45, 7) is 1.86. The van der Waals surface area contributed by atoms with Crippen molar-refractivity contribution in [3.8, 4) is 0 Å². The van der Waals surface area contributed by atoms with Crippen LogP contribution in [0.3, 0.4) is 0 Å². The Kier molecular flexibility index (Phi) is 3.65. The van der Waals surface area contributed by atoms with Crippen LogP contribution in [0.15, 0.2) is 53.1 Å². The molecule has 21 heavy (non-hydrogen) atoms. The lowest BCUT2D eigenvalue weighted by Crippen LogP contribution is -2.36. The minimum Gasteiger partial charge on any atom is -0.394 e. The fourth-order valence-electron chi connectivity index (χ4n) is 2.17. The summed E-state index contributed by atoms with van der Waals surface area (Å²) in [6, 6.07) is 13.6. The molecule has 6 heteroatoms. The molecule has 0 aliphatic heterocycles. The van der Waals surface area contributed by atoms with Gasteiger partial charge in [0, 0.05) is 10.7 Å². The molecule has 0 aliphatic carbocycles. The van der Waals surface area contributed by atoms with Crippen molar-refractivity contribution in [2.24, 2.45) is 0 Å². The van der Waals surface area contributed by atoms with Crippen LogP contribution in [-0.2, 0) is 5.54 Å². The van der Waals surface area contributed by atoms with E-state index in [0.717, 1.165) is 15.7 Å². The number of nitrogens with one attached hydrogen (secondary N) is 1. The Morgan fingerprint density at radius 1 is 1.24 bits per heavy atom. The highest BCUT2D eigenvalue weighted by Crippen LogP contribution is 2.24. The van der Waals surface area contributed by atoms with Crippen LogP contribution in [0.1, 0.15) is 12.5 Å². The summed E-state index contributed by atoms with van der Waals surface area (Å²) in [7, 11) is 0. The molecule has 1 atom stereocenters. The van der Waals surface area contributed by atoms with Gasteiger partial charge in [0.15, 0.2) is 5.65 Å². The van der Waals surface area contributed by atoms with E-state index in [1.165, 1.54) is 0 Å². The molecule has 3 aromatic rings. The number of rotatable bonds is 4. The van der Waals surface area contributed by atoms with Gasteiger partial charge in [-0.05, 0) is 40.5 Å². The third-order valence-electron chi connectivity index (χ3n) is 3.41. The highest BCUT2D eigenvalue weighted by molar-refractivity contribution is 9.10. The second-order valence-corrected chi connectivity index (χ2v) is 5.98. The number of pyridine rings is 1. The Bertz CT molecular complexity index is 759. The molecule has 5 nitrogen and oxygen atoms in total. The maximum Gasteiger partial charge on any atom is 0.243 e. The van der Waals surface area contributed by atoms with Crippen LogP contribution in [0.4, 0.5) is 5.95 Å². The summed E-state index contributed by atoms with van der Waals surface area (Å²) in [4.78, 5) is 4.42. The third-order valence-corrected chi connectivity index (χ3v) is 3.88. The quantitative estimate of drug-likeness (QED) is 0.762. The van der Waals surface area contributed by atoms with Crippen molar-refractivity contribution in [3.05, 3.63) is 58.7 Å². The zero-order valence-electron chi connectivity index (χ0n) is 11.5. The van der Waals surface area contributed by atoms with E-state index in [0.29, 0.717) is 5.95 Å². The number of halogens is 1. The molecule has 2 aromatic heterocycles. The SMILES string of the molecule is CC(CO)(Nc1nc2ccc(Br)cn2n1)c1ccccc1. The van der Waals surface area contributed by atoms with Crippen LogP contribution in [-0.4, -0.2) is 26.3 Å². The van der Waals surface area contributed by atoms with Gasteiger partial charge >= 0.3 is 0 Å². The first-order valence-corrected chi connectivity index (χ1v) is 7.36. The fourth-order valence-corrected chi connectivity index (χ4v) is 2.49. The number of hydrogen-bond acceptors (Lipinski definition) is 4. The van der Waals surface area contributed by atoms with Crippen molar-refractivity contribution >= 4 is 27.5 Å². The third kappa shape index (κ3) is 2.77. The molecular weight excluding hydrogens is 332 g/mol. The molecule has 108 valence electrons. The molecule has 0 bridgehead atoms. The fraction of sp³-hybridized carbons (Fsp3) is 0.200. The van der Waals surface area contributed by atoms with E-state index in [9.17, 15) is 5.11 Å². The van der Waals surface area contributed by atoms with Crippen LogP contribution in [0.2, 0.25) is 0 Å². The Morgan fingerprint density at radius 2 is 2.00 bits per heavy atom. The molecule has 0 saturated carbocycles. The average molecular weight is 347 g/mol.